The van der Waals surface area contributed by atoms with Crippen LogP contribution < -0.4 is 0 Å². The maximum absolute atomic E-state index is 12.0. The fourth-order valence-electron chi connectivity index (χ4n) is 3.91. The summed E-state index contributed by atoms with van der Waals surface area (Å²) in [6.07, 6.45) is -0.428. The van der Waals surface area contributed by atoms with Crippen molar-refractivity contribution < 1.29 is 24.5 Å². The molecule has 0 aliphatic carbocycles. The van der Waals surface area contributed by atoms with Crippen molar-refractivity contribution in [3.05, 3.63) is 70.3 Å². The summed E-state index contributed by atoms with van der Waals surface area (Å²) in [7, 11) is 0. The van der Waals surface area contributed by atoms with Gasteiger partial charge in [-0.15, -0.1) is 0 Å². The average molecular weight is 368 g/mol. The predicted octanol–water partition coefficient (Wildman–Crippen LogP) is 2.23. The topological polar surface area (TPSA) is 76.0 Å². The molecule has 2 aromatic rings. The van der Waals surface area contributed by atoms with Gasteiger partial charge >= 0.3 is 0 Å². The summed E-state index contributed by atoms with van der Waals surface area (Å²) in [5.74, 6) is -1.66. The van der Waals surface area contributed by atoms with Crippen molar-refractivity contribution in [2.75, 3.05) is 6.61 Å². The van der Waals surface area contributed by atoms with Gasteiger partial charge in [0, 0.05) is 12.0 Å². The van der Waals surface area contributed by atoms with Gasteiger partial charge in [-0.05, 0) is 41.2 Å². The second-order valence-electron chi connectivity index (χ2n) is 7.29. The van der Waals surface area contributed by atoms with Crippen molar-refractivity contribution >= 4 is 5.78 Å². The highest BCUT2D eigenvalue weighted by Crippen LogP contribution is 2.45. The van der Waals surface area contributed by atoms with Crippen molar-refractivity contribution in [2.24, 2.45) is 0 Å². The van der Waals surface area contributed by atoms with E-state index in [9.17, 15) is 15.0 Å². The zero-order valence-electron chi connectivity index (χ0n) is 15.4. The highest BCUT2D eigenvalue weighted by molar-refractivity contribution is 5.88. The number of aliphatic hydroxyl groups is 2. The molecular formula is C22H24O5. The van der Waals surface area contributed by atoms with Gasteiger partial charge in [-0.25, -0.2) is 0 Å². The number of benzene rings is 2. The molecule has 0 amide bonds. The normalized spacial score (nSPS) is 27.1. The van der Waals surface area contributed by atoms with Crippen molar-refractivity contribution in [3.63, 3.8) is 0 Å². The molecule has 1 unspecified atom stereocenters. The molecule has 2 aliphatic heterocycles. The molecule has 1 spiro atoms. The minimum Gasteiger partial charge on any atom is -0.393 e. The lowest BCUT2D eigenvalue weighted by atomic mass is 9.89. The summed E-state index contributed by atoms with van der Waals surface area (Å²) in [5, 5.41) is 19.6. The number of hydrogen-bond donors (Lipinski definition) is 2. The maximum Gasteiger partial charge on any atom is 0.199 e. The second-order valence-corrected chi connectivity index (χ2v) is 7.29. The first kappa shape index (κ1) is 18.3. The van der Waals surface area contributed by atoms with Crippen LogP contribution in [0, 0.1) is 0 Å². The minimum atomic E-state index is -1.20. The Morgan fingerprint density at radius 3 is 2.52 bits per heavy atom. The fraction of sp³-hybridized carbons (Fsp3) is 0.409. The first-order valence-electron chi connectivity index (χ1n) is 9.39. The van der Waals surface area contributed by atoms with Crippen LogP contribution in [0.4, 0.5) is 0 Å². The molecular weight excluding hydrogens is 344 g/mol. The monoisotopic (exact) mass is 368 g/mol. The molecule has 3 atom stereocenters. The van der Waals surface area contributed by atoms with E-state index in [2.05, 4.69) is 37.3 Å². The van der Waals surface area contributed by atoms with E-state index in [1.165, 1.54) is 11.1 Å². The third-order valence-corrected chi connectivity index (χ3v) is 5.49. The molecule has 2 N–H and O–H groups in total. The van der Waals surface area contributed by atoms with Crippen molar-refractivity contribution in [1.82, 2.24) is 0 Å². The summed E-state index contributed by atoms with van der Waals surface area (Å²) in [4.78, 5) is 12.0. The van der Waals surface area contributed by atoms with Gasteiger partial charge in [0.2, 0.25) is 0 Å². The third kappa shape index (κ3) is 3.32. The summed E-state index contributed by atoms with van der Waals surface area (Å²) >= 11 is 0. The Morgan fingerprint density at radius 2 is 1.81 bits per heavy atom. The molecule has 1 fully saturated rings. The molecule has 1 saturated heterocycles. The number of carbonyl (C=O) groups excluding carboxylic acids is 1. The lowest BCUT2D eigenvalue weighted by Gasteiger charge is -2.39. The quantitative estimate of drug-likeness (QED) is 0.866. The second kappa shape index (κ2) is 7.17. The van der Waals surface area contributed by atoms with Crippen LogP contribution in [-0.4, -0.2) is 34.8 Å². The van der Waals surface area contributed by atoms with Gasteiger partial charge in [0.15, 0.2) is 11.6 Å². The van der Waals surface area contributed by atoms with Crippen LogP contribution in [0.2, 0.25) is 0 Å². The van der Waals surface area contributed by atoms with E-state index < -0.39 is 30.4 Å². The maximum atomic E-state index is 12.0. The van der Waals surface area contributed by atoms with Gasteiger partial charge in [0.05, 0.1) is 13.2 Å². The molecule has 5 heteroatoms. The van der Waals surface area contributed by atoms with Crippen LogP contribution in [0.5, 0.6) is 0 Å². The average Bonchev–Trinajstić information content (AvgIpc) is 3.03. The summed E-state index contributed by atoms with van der Waals surface area (Å²) in [6.45, 7) is 2.03. The van der Waals surface area contributed by atoms with Gasteiger partial charge in [-0.3, -0.25) is 4.79 Å². The summed E-state index contributed by atoms with van der Waals surface area (Å²) in [5.41, 5.74) is 5.46. The fourth-order valence-corrected chi connectivity index (χ4v) is 3.91. The van der Waals surface area contributed by atoms with Gasteiger partial charge in [0.1, 0.15) is 12.2 Å². The first-order chi connectivity index (χ1) is 13.0. The van der Waals surface area contributed by atoms with E-state index >= 15 is 0 Å². The van der Waals surface area contributed by atoms with Crippen LogP contribution >= 0.6 is 0 Å². The van der Waals surface area contributed by atoms with E-state index in [0.29, 0.717) is 6.61 Å². The molecule has 2 aromatic carbocycles. The predicted molar refractivity (Wildman–Crippen MR) is 99.1 cm³/mol. The number of aryl methyl sites for hydroxylation is 1. The molecule has 0 bridgehead atoms. The number of ether oxygens (including phenoxy) is 2. The SMILES string of the molecule is CCc1ccc(Cc2ccc3c(c2)C2(C[C@@H](O)C(=O)[C@@H](CO)O2)OC3)cc1. The smallest absolute Gasteiger partial charge is 0.199 e. The van der Waals surface area contributed by atoms with Crippen LogP contribution in [0.1, 0.15) is 41.2 Å². The zero-order valence-corrected chi connectivity index (χ0v) is 15.4. The molecule has 2 heterocycles. The Bertz CT molecular complexity index is 844. The standard InChI is InChI=1S/C22H24O5/c1-2-14-3-5-15(6-4-14)9-16-7-8-17-13-26-22(18(17)10-16)11-19(24)21(25)20(12-23)27-22/h3-8,10,19-20,23-24H,2,9,11-13H2,1H3/t19-,20-,22?/m1/s1. The van der Waals surface area contributed by atoms with E-state index in [0.717, 1.165) is 29.5 Å². The molecule has 2 aliphatic rings. The minimum absolute atomic E-state index is 0.0456. The molecule has 4 rings (SSSR count). The van der Waals surface area contributed by atoms with E-state index in [1.54, 1.807) is 0 Å². The molecule has 0 aromatic heterocycles. The van der Waals surface area contributed by atoms with E-state index in [-0.39, 0.29) is 6.42 Å². The number of rotatable bonds is 4. The molecule has 27 heavy (non-hydrogen) atoms. The number of Topliss-reactive ketones (excluding diaryl/α,β-unsaturated/α-hetero) is 1. The Balaban J connectivity index is 1.62. The largest absolute Gasteiger partial charge is 0.393 e. The van der Waals surface area contributed by atoms with Gasteiger partial charge in [-0.2, -0.15) is 0 Å². The van der Waals surface area contributed by atoms with Crippen LogP contribution in [0.3, 0.4) is 0 Å². The van der Waals surface area contributed by atoms with E-state index in [4.69, 9.17) is 9.47 Å². The lowest BCUT2D eigenvalue weighted by molar-refractivity contribution is -0.288. The Morgan fingerprint density at radius 1 is 1.11 bits per heavy atom. The first-order valence-corrected chi connectivity index (χ1v) is 9.39. The Kier molecular flexibility index (Phi) is 4.86. The summed E-state index contributed by atoms with van der Waals surface area (Å²) in [6, 6.07) is 14.7. The van der Waals surface area contributed by atoms with Gasteiger partial charge in [-0.1, -0.05) is 43.3 Å². The van der Waals surface area contributed by atoms with Crippen molar-refractivity contribution in [1.29, 1.82) is 0 Å². The van der Waals surface area contributed by atoms with E-state index in [1.807, 2.05) is 12.1 Å². The highest BCUT2D eigenvalue weighted by Gasteiger charge is 2.51. The molecule has 142 valence electrons. The highest BCUT2D eigenvalue weighted by atomic mass is 16.7. The van der Waals surface area contributed by atoms with Gasteiger partial charge in [0.25, 0.3) is 0 Å². The number of hydrogen-bond acceptors (Lipinski definition) is 5. The number of aliphatic hydroxyl groups excluding tert-OH is 2. The van der Waals surface area contributed by atoms with Crippen molar-refractivity contribution in [2.45, 2.75) is 50.8 Å². The molecule has 5 nitrogen and oxygen atoms in total. The third-order valence-electron chi connectivity index (χ3n) is 5.49. The molecule has 0 saturated carbocycles. The Labute approximate surface area is 158 Å². The number of fused-ring (bicyclic) bond motifs is 2. The molecule has 0 radical (unpaired) electrons. The lowest BCUT2D eigenvalue weighted by Crippen LogP contribution is -2.51. The Hall–Kier alpha value is -2.05. The number of carbonyl (C=O) groups is 1. The van der Waals surface area contributed by atoms with Crippen LogP contribution in [0.15, 0.2) is 42.5 Å². The van der Waals surface area contributed by atoms with Crippen molar-refractivity contribution in [3.8, 4) is 0 Å². The summed E-state index contributed by atoms with van der Waals surface area (Å²) < 4.78 is 11.7. The van der Waals surface area contributed by atoms with Crippen LogP contribution in [-0.2, 0) is 39.5 Å². The zero-order chi connectivity index (χ0) is 19.0. The van der Waals surface area contributed by atoms with Crippen LogP contribution in [0.25, 0.3) is 0 Å². The van der Waals surface area contributed by atoms with Gasteiger partial charge < -0.3 is 19.7 Å². The number of ketones is 1.